The highest BCUT2D eigenvalue weighted by Crippen LogP contribution is 2.40. The maximum absolute atomic E-state index is 9.76. The Hall–Kier alpha value is -1.02. The second-order valence-electron chi connectivity index (χ2n) is 4.34. The van der Waals surface area contributed by atoms with E-state index >= 15 is 0 Å². The zero-order valence-electron chi connectivity index (χ0n) is 8.16. The van der Waals surface area contributed by atoms with E-state index in [-0.39, 0.29) is 0 Å². The van der Waals surface area contributed by atoms with Crippen LogP contribution in [0.1, 0.15) is 29.9 Å². The van der Waals surface area contributed by atoms with Gasteiger partial charge in [0.05, 0.1) is 0 Å². The quantitative estimate of drug-likeness (QED) is 0.652. The molecule has 1 aromatic carbocycles. The van der Waals surface area contributed by atoms with Crippen LogP contribution in [0, 0.1) is 0 Å². The summed E-state index contributed by atoms with van der Waals surface area (Å²) in [7, 11) is 0. The van der Waals surface area contributed by atoms with Crippen molar-refractivity contribution in [2.24, 2.45) is 0 Å². The van der Waals surface area contributed by atoms with E-state index in [2.05, 4.69) is 11.4 Å². The van der Waals surface area contributed by atoms with Crippen molar-refractivity contribution < 1.29 is 5.11 Å². The van der Waals surface area contributed by atoms with Gasteiger partial charge >= 0.3 is 0 Å². The third kappa shape index (κ3) is 1.07. The summed E-state index contributed by atoms with van der Waals surface area (Å²) in [6.45, 7) is 1.13. The van der Waals surface area contributed by atoms with Crippen LogP contribution in [0.4, 0.5) is 0 Å². The molecule has 0 unspecified atom stereocenters. The molecule has 2 atom stereocenters. The Morgan fingerprint density at radius 2 is 2.21 bits per heavy atom. The van der Waals surface area contributed by atoms with Gasteiger partial charge in [0.15, 0.2) is 0 Å². The van der Waals surface area contributed by atoms with Gasteiger partial charge in [-0.3, -0.25) is 0 Å². The Kier molecular flexibility index (Phi) is 1.77. The molecule has 0 saturated carbocycles. The van der Waals surface area contributed by atoms with Crippen molar-refractivity contribution >= 4 is 0 Å². The lowest BCUT2D eigenvalue weighted by Crippen LogP contribution is -2.30. The van der Waals surface area contributed by atoms with E-state index in [1.165, 1.54) is 24.0 Å². The Labute approximate surface area is 84.0 Å². The van der Waals surface area contributed by atoms with Crippen LogP contribution < -0.4 is 5.32 Å². The third-order valence-electron chi connectivity index (χ3n) is 3.64. The van der Waals surface area contributed by atoms with Crippen LogP contribution in [0.25, 0.3) is 0 Å². The molecule has 1 aromatic rings. The Bertz CT molecular complexity index is 361. The van der Waals surface area contributed by atoms with Crippen molar-refractivity contribution in [2.45, 2.75) is 31.2 Å². The summed E-state index contributed by atoms with van der Waals surface area (Å²) in [5.41, 5.74) is 2.57. The van der Waals surface area contributed by atoms with Crippen LogP contribution in [-0.2, 0) is 6.42 Å². The molecule has 1 fully saturated rings. The van der Waals surface area contributed by atoms with Crippen LogP contribution in [0.2, 0.25) is 0 Å². The number of phenolic OH excluding ortho intramolecular Hbond substituents is 1. The lowest BCUT2D eigenvalue weighted by molar-refractivity contribution is 0.438. The monoisotopic (exact) mass is 189 g/mol. The summed E-state index contributed by atoms with van der Waals surface area (Å²) in [6.07, 6.45) is 3.42. The molecule has 3 rings (SSSR count). The van der Waals surface area contributed by atoms with Gasteiger partial charge < -0.3 is 10.4 Å². The SMILES string of the molecule is Oc1cccc2c1CC[C@H]1NCC[C@@H]21. The maximum atomic E-state index is 9.76. The normalized spacial score (nSPS) is 29.7. The smallest absolute Gasteiger partial charge is 0.119 e. The molecule has 1 aliphatic carbocycles. The first kappa shape index (κ1) is 8.30. The first-order chi connectivity index (χ1) is 6.86. The molecule has 2 aliphatic rings. The van der Waals surface area contributed by atoms with Crippen molar-refractivity contribution in [3.05, 3.63) is 29.3 Å². The molecular formula is C12H15NO. The van der Waals surface area contributed by atoms with Gasteiger partial charge in [0.1, 0.15) is 5.75 Å². The molecular weight excluding hydrogens is 174 g/mol. The lowest BCUT2D eigenvalue weighted by Gasteiger charge is -2.28. The number of phenols is 1. The molecule has 1 heterocycles. The molecule has 14 heavy (non-hydrogen) atoms. The largest absolute Gasteiger partial charge is 0.508 e. The van der Waals surface area contributed by atoms with E-state index in [1.807, 2.05) is 12.1 Å². The van der Waals surface area contributed by atoms with Crippen molar-refractivity contribution in [1.29, 1.82) is 0 Å². The summed E-state index contributed by atoms with van der Waals surface area (Å²) in [4.78, 5) is 0. The van der Waals surface area contributed by atoms with Crippen LogP contribution in [0.3, 0.4) is 0 Å². The molecule has 0 radical (unpaired) electrons. The van der Waals surface area contributed by atoms with Gasteiger partial charge in [-0.05, 0) is 43.0 Å². The highest BCUT2D eigenvalue weighted by Gasteiger charge is 2.33. The zero-order chi connectivity index (χ0) is 9.54. The summed E-state index contributed by atoms with van der Waals surface area (Å²) < 4.78 is 0. The minimum Gasteiger partial charge on any atom is -0.508 e. The van der Waals surface area contributed by atoms with E-state index in [9.17, 15) is 5.11 Å². The minimum absolute atomic E-state index is 0.493. The number of fused-ring (bicyclic) bond motifs is 3. The number of rotatable bonds is 0. The van der Waals surface area contributed by atoms with Crippen LogP contribution >= 0.6 is 0 Å². The summed E-state index contributed by atoms with van der Waals surface area (Å²) in [5, 5.41) is 13.3. The molecule has 0 bridgehead atoms. The van der Waals surface area contributed by atoms with Crippen molar-refractivity contribution in [2.75, 3.05) is 6.54 Å². The van der Waals surface area contributed by atoms with E-state index < -0.39 is 0 Å². The van der Waals surface area contributed by atoms with Gasteiger partial charge in [-0.1, -0.05) is 12.1 Å². The number of hydrogen-bond donors (Lipinski definition) is 2. The number of benzene rings is 1. The predicted octanol–water partition coefficient (Wildman–Crippen LogP) is 1.78. The standard InChI is InChI=1S/C12H15NO/c14-12-3-1-2-8-9-6-7-13-11(9)5-4-10(8)12/h1-3,9,11,13-14H,4-7H2/t9-,11+/m0/s1. The van der Waals surface area contributed by atoms with E-state index in [1.54, 1.807) is 0 Å². The highest BCUT2D eigenvalue weighted by molar-refractivity contribution is 5.44. The van der Waals surface area contributed by atoms with Crippen molar-refractivity contribution in [3.8, 4) is 5.75 Å². The van der Waals surface area contributed by atoms with Crippen molar-refractivity contribution in [3.63, 3.8) is 0 Å². The molecule has 2 nitrogen and oxygen atoms in total. The van der Waals surface area contributed by atoms with Gasteiger partial charge in [-0.25, -0.2) is 0 Å². The van der Waals surface area contributed by atoms with Gasteiger partial charge in [-0.2, -0.15) is 0 Å². The molecule has 2 N–H and O–H groups in total. The minimum atomic E-state index is 0.493. The fourth-order valence-electron chi connectivity index (χ4n) is 2.95. The van der Waals surface area contributed by atoms with Crippen LogP contribution in [0.5, 0.6) is 5.75 Å². The second-order valence-corrected chi connectivity index (χ2v) is 4.34. The molecule has 0 aromatic heterocycles. The molecule has 74 valence electrons. The predicted molar refractivity (Wildman–Crippen MR) is 55.6 cm³/mol. The molecule has 1 saturated heterocycles. The van der Waals surface area contributed by atoms with Gasteiger partial charge in [-0.15, -0.1) is 0 Å². The molecule has 0 spiro atoms. The third-order valence-corrected chi connectivity index (χ3v) is 3.64. The fraction of sp³-hybridized carbons (Fsp3) is 0.500. The van der Waals surface area contributed by atoms with E-state index in [0.717, 1.165) is 13.0 Å². The highest BCUT2D eigenvalue weighted by atomic mass is 16.3. The number of aromatic hydroxyl groups is 1. The fourth-order valence-corrected chi connectivity index (χ4v) is 2.95. The van der Waals surface area contributed by atoms with Crippen LogP contribution in [0.15, 0.2) is 18.2 Å². The molecule has 1 aliphatic heterocycles. The first-order valence-corrected chi connectivity index (χ1v) is 5.40. The Balaban J connectivity index is 2.09. The lowest BCUT2D eigenvalue weighted by atomic mass is 9.79. The topological polar surface area (TPSA) is 32.3 Å². The molecule has 0 amide bonds. The second kappa shape index (κ2) is 2.99. The zero-order valence-corrected chi connectivity index (χ0v) is 8.16. The van der Waals surface area contributed by atoms with E-state index in [4.69, 9.17) is 0 Å². The Morgan fingerprint density at radius 3 is 3.14 bits per heavy atom. The molecule has 2 heteroatoms. The van der Waals surface area contributed by atoms with Crippen LogP contribution in [-0.4, -0.2) is 17.7 Å². The summed E-state index contributed by atoms with van der Waals surface area (Å²) >= 11 is 0. The average molecular weight is 189 g/mol. The van der Waals surface area contributed by atoms with Gasteiger partial charge in [0.2, 0.25) is 0 Å². The Morgan fingerprint density at radius 1 is 1.29 bits per heavy atom. The van der Waals surface area contributed by atoms with E-state index in [0.29, 0.717) is 17.7 Å². The van der Waals surface area contributed by atoms with Crippen molar-refractivity contribution in [1.82, 2.24) is 5.32 Å². The number of hydrogen-bond acceptors (Lipinski definition) is 2. The summed E-state index contributed by atoms with van der Waals surface area (Å²) in [5.74, 6) is 1.14. The first-order valence-electron chi connectivity index (χ1n) is 5.40. The van der Waals surface area contributed by atoms with Gasteiger partial charge in [0.25, 0.3) is 0 Å². The average Bonchev–Trinajstić information content (AvgIpc) is 2.66. The van der Waals surface area contributed by atoms with Gasteiger partial charge in [0, 0.05) is 12.0 Å². The maximum Gasteiger partial charge on any atom is 0.119 e. The summed E-state index contributed by atoms with van der Waals surface area (Å²) in [6, 6.07) is 6.61. The number of nitrogens with one attached hydrogen (secondary N) is 1.